The van der Waals surface area contributed by atoms with E-state index in [1.807, 2.05) is 27.7 Å². The molecule has 0 saturated carbocycles. The monoisotopic (exact) mass is 427 g/mol. The summed E-state index contributed by atoms with van der Waals surface area (Å²) in [5.74, 6) is -0.886. The molecule has 2 aliphatic heterocycles. The molecule has 1 atom stereocenters. The predicted molar refractivity (Wildman–Crippen MR) is 106 cm³/mol. The topological polar surface area (TPSA) is 48.0 Å². The standard InChI is InChI=1S/C21H22BF3NO4.Li/c1-19(2)20(3,4)30-22(29-19)17(14-10-12-15(13-11-14)21(23,24)25)26(18(27)28-22)16-8-6-5-7-9-16;/h5-13,17H,1-4H3;/q-1;+1. The minimum atomic E-state index is -4.47. The molecule has 0 radical (unpaired) electrons. The second kappa shape index (κ2) is 7.59. The Morgan fingerprint density at radius 1 is 0.903 bits per heavy atom. The number of alkyl halides is 3. The first-order valence-electron chi connectivity index (χ1n) is 9.65. The predicted octanol–water partition coefficient (Wildman–Crippen LogP) is 2.49. The van der Waals surface area contributed by atoms with E-state index < -0.39 is 41.7 Å². The van der Waals surface area contributed by atoms with Gasteiger partial charge in [0.25, 0.3) is 0 Å². The molecule has 1 unspecified atom stereocenters. The van der Waals surface area contributed by atoms with Gasteiger partial charge in [0.2, 0.25) is 0 Å². The molecule has 4 rings (SSSR count). The Balaban J connectivity index is 0.00000272. The van der Waals surface area contributed by atoms with Crippen LogP contribution in [0.25, 0.3) is 0 Å². The molecule has 2 fully saturated rings. The summed E-state index contributed by atoms with van der Waals surface area (Å²) in [5, 5.41) is 0. The maximum Gasteiger partial charge on any atom is 1.00 e. The van der Waals surface area contributed by atoms with Crippen LogP contribution in [0, 0.1) is 0 Å². The van der Waals surface area contributed by atoms with E-state index in [0.29, 0.717) is 11.3 Å². The van der Waals surface area contributed by atoms with Crippen molar-refractivity contribution in [2.45, 2.75) is 51.0 Å². The zero-order chi connectivity index (χ0) is 21.9. The van der Waals surface area contributed by atoms with Crippen molar-refractivity contribution < 1.29 is 50.8 Å². The average Bonchev–Trinajstić information content (AvgIpc) is 3.01. The Morgan fingerprint density at radius 2 is 1.42 bits per heavy atom. The molecule has 0 aromatic heterocycles. The van der Waals surface area contributed by atoms with E-state index in [1.165, 1.54) is 17.0 Å². The second-order valence-electron chi connectivity index (χ2n) is 8.61. The molecular weight excluding hydrogens is 405 g/mol. The number of hydrogen-bond donors (Lipinski definition) is 0. The van der Waals surface area contributed by atoms with Gasteiger partial charge in [-0.05, 0) is 52.0 Å². The number of carbonyl (C=O) groups is 1. The van der Waals surface area contributed by atoms with Gasteiger partial charge in [-0.3, -0.25) is 0 Å². The maximum atomic E-state index is 13.1. The van der Waals surface area contributed by atoms with Crippen LogP contribution in [0.15, 0.2) is 54.6 Å². The summed E-state index contributed by atoms with van der Waals surface area (Å²) in [4.78, 5) is 14.3. The first kappa shape index (κ1) is 23.7. The van der Waals surface area contributed by atoms with Gasteiger partial charge in [-0.1, -0.05) is 35.9 Å². The first-order chi connectivity index (χ1) is 13.9. The van der Waals surface area contributed by atoms with E-state index in [0.717, 1.165) is 12.1 Å². The van der Waals surface area contributed by atoms with Gasteiger partial charge >= 0.3 is 37.9 Å². The third kappa shape index (κ3) is 3.89. The fourth-order valence-electron chi connectivity index (χ4n) is 3.97. The van der Waals surface area contributed by atoms with E-state index in [9.17, 15) is 18.0 Å². The Hall–Kier alpha value is -1.92. The van der Waals surface area contributed by atoms with Crippen LogP contribution in [-0.4, -0.2) is 24.0 Å². The van der Waals surface area contributed by atoms with Gasteiger partial charge in [0.15, 0.2) is 0 Å². The number of para-hydroxylation sites is 1. The van der Waals surface area contributed by atoms with Crippen molar-refractivity contribution in [1.82, 2.24) is 0 Å². The molecule has 2 aromatic carbocycles. The van der Waals surface area contributed by atoms with Crippen LogP contribution in [0.5, 0.6) is 0 Å². The summed E-state index contributed by atoms with van der Waals surface area (Å²) in [6.45, 7) is 4.65. The second-order valence-corrected chi connectivity index (χ2v) is 8.61. The molecule has 10 heteroatoms. The molecule has 5 nitrogen and oxygen atoms in total. The largest absolute Gasteiger partial charge is 1.00 e. The van der Waals surface area contributed by atoms with E-state index >= 15 is 0 Å². The van der Waals surface area contributed by atoms with Crippen LogP contribution >= 0.6 is 0 Å². The molecule has 1 amide bonds. The zero-order valence-corrected chi connectivity index (χ0v) is 18.1. The van der Waals surface area contributed by atoms with Gasteiger partial charge in [-0.25, -0.2) is 4.79 Å². The van der Waals surface area contributed by atoms with Crippen molar-refractivity contribution in [2.75, 3.05) is 4.90 Å². The van der Waals surface area contributed by atoms with Crippen LogP contribution in [0.2, 0.25) is 0 Å². The number of hydrogen-bond acceptors (Lipinski definition) is 4. The Kier molecular flexibility index (Phi) is 5.81. The van der Waals surface area contributed by atoms with Gasteiger partial charge in [-0.15, -0.1) is 0 Å². The summed E-state index contributed by atoms with van der Waals surface area (Å²) in [6, 6.07) is 13.4. The number of benzene rings is 2. The first-order valence-corrected chi connectivity index (χ1v) is 9.65. The van der Waals surface area contributed by atoms with Crippen LogP contribution in [0.1, 0.15) is 44.8 Å². The summed E-state index contributed by atoms with van der Waals surface area (Å²) in [7, 11) is 0. The van der Waals surface area contributed by atoms with Crippen LogP contribution < -0.4 is 23.8 Å². The van der Waals surface area contributed by atoms with Gasteiger partial charge in [0.1, 0.15) is 0 Å². The normalized spacial score (nSPS) is 23.5. The van der Waals surface area contributed by atoms with Crippen molar-refractivity contribution in [2.24, 2.45) is 0 Å². The van der Waals surface area contributed by atoms with E-state index in [4.69, 9.17) is 14.0 Å². The van der Waals surface area contributed by atoms with Crippen LogP contribution in [0.3, 0.4) is 0 Å². The molecular formula is C21H22BF3LiNO4. The summed E-state index contributed by atoms with van der Waals surface area (Å²) >= 11 is 0. The fourth-order valence-corrected chi connectivity index (χ4v) is 3.97. The van der Waals surface area contributed by atoms with Gasteiger partial charge in [0, 0.05) is 22.8 Å². The van der Waals surface area contributed by atoms with E-state index in [-0.39, 0.29) is 18.9 Å². The van der Waals surface area contributed by atoms with Crippen LogP contribution in [0.4, 0.5) is 23.7 Å². The number of amides is 1. The number of nitrogens with zero attached hydrogens (tertiary/aromatic N) is 1. The average molecular weight is 427 g/mol. The van der Waals surface area contributed by atoms with Crippen LogP contribution in [-0.2, 0) is 20.1 Å². The molecule has 0 N–H and O–H groups in total. The number of anilines is 1. The Labute approximate surface area is 191 Å². The molecule has 31 heavy (non-hydrogen) atoms. The molecule has 2 heterocycles. The van der Waals surface area contributed by atoms with Gasteiger partial charge in [0.05, 0.1) is 5.56 Å². The molecule has 2 aromatic rings. The smallest absolute Gasteiger partial charge is 0.625 e. The molecule has 2 saturated heterocycles. The number of carbonyl (C=O) groups excluding carboxylic acids is 1. The molecule has 0 aliphatic carbocycles. The Bertz CT molecular complexity index is 951. The van der Waals surface area contributed by atoms with Crippen molar-refractivity contribution in [3.8, 4) is 0 Å². The summed E-state index contributed by atoms with van der Waals surface area (Å²) in [5.41, 5.74) is -1.43. The SMILES string of the molecule is CC1(C)O[B-]2(OC(=O)N(c3ccccc3)C2c2ccc(C(F)(F)F)cc2)OC1(C)C.[Li+]. The van der Waals surface area contributed by atoms with Crippen molar-refractivity contribution >= 4 is 18.5 Å². The third-order valence-corrected chi connectivity index (χ3v) is 6.11. The molecule has 2 aliphatic rings. The summed E-state index contributed by atoms with van der Waals surface area (Å²) in [6.07, 6.45) is -5.15. The Morgan fingerprint density at radius 3 is 1.90 bits per heavy atom. The van der Waals surface area contributed by atoms with E-state index in [2.05, 4.69) is 0 Å². The summed E-state index contributed by atoms with van der Waals surface area (Å²) < 4.78 is 57.4. The van der Waals surface area contributed by atoms with Crippen molar-refractivity contribution in [3.63, 3.8) is 0 Å². The molecule has 160 valence electrons. The molecule has 1 spiro atoms. The van der Waals surface area contributed by atoms with Crippen molar-refractivity contribution in [1.29, 1.82) is 0 Å². The van der Waals surface area contributed by atoms with E-state index in [1.54, 1.807) is 30.3 Å². The minimum absolute atomic E-state index is 0. The number of halogens is 3. The van der Waals surface area contributed by atoms with Crippen molar-refractivity contribution in [3.05, 3.63) is 65.7 Å². The number of rotatable bonds is 2. The van der Waals surface area contributed by atoms with Gasteiger partial charge < -0.3 is 18.9 Å². The fraction of sp³-hybridized carbons (Fsp3) is 0.381. The maximum absolute atomic E-state index is 13.1. The third-order valence-electron chi connectivity index (χ3n) is 6.11. The zero-order valence-electron chi connectivity index (χ0n) is 18.1. The minimum Gasteiger partial charge on any atom is -0.625 e. The quantitative estimate of drug-likeness (QED) is 0.692. The van der Waals surface area contributed by atoms with Gasteiger partial charge in [-0.2, -0.15) is 13.2 Å². The molecule has 0 bridgehead atoms.